The van der Waals surface area contributed by atoms with Crippen molar-refractivity contribution >= 4 is 45.5 Å². The minimum absolute atomic E-state index is 0.0368. The second-order valence-electron chi connectivity index (χ2n) is 7.02. The molecule has 4 N–H and O–H groups in total. The van der Waals surface area contributed by atoms with Gasteiger partial charge in [0.15, 0.2) is 28.5 Å². The average Bonchev–Trinajstić information content (AvgIpc) is 3.29. The number of halogens is 2. The van der Waals surface area contributed by atoms with Crippen LogP contribution in [0.4, 0.5) is 10.2 Å². The van der Waals surface area contributed by atoms with Gasteiger partial charge in [-0.2, -0.15) is 14.4 Å². The van der Waals surface area contributed by atoms with Gasteiger partial charge in [0, 0.05) is 23.1 Å². The Bertz CT molecular complexity index is 1150. The standard InChI is InChI=1S/C19H20FIN6O4/c1-9(28)18(29)23-3-2-4-27-14(24-15-16(22)25-19(20)26-17(15)27)6-10-5-12-13(7-11(10)21)31-8-30-12/h5,7,9,28H,2-4,6,8H2,1H3,(H,23,29)(H2,22,25,26). The van der Waals surface area contributed by atoms with Crippen LogP contribution in [-0.4, -0.2) is 50.0 Å². The quantitative estimate of drug-likeness (QED) is 0.231. The lowest BCUT2D eigenvalue weighted by atomic mass is 10.1. The van der Waals surface area contributed by atoms with Gasteiger partial charge in [-0.3, -0.25) is 4.79 Å². The van der Waals surface area contributed by atoms with Crippen molar-refractivity contribution in [2.45, 2.75) is 32.4 Å². The number of carbonyl (C=O) groups excluding carboxylic acids is 1. The molecule has 0 saturated heterocycles. The van der Waals surface area contributed by atoms with Crippen molar-refractivity contribution in [2.75, 3.05) is 19.1 Å². The van der Waals surface area contributed by atoms with E-state index in [-0.39, 0.29) is 18.3 Å². The van der Waals surface area contributed by atoms with E-state index in [2.05, 4.69) is 42.9 Å². The van der Waals surface area contributed by atoms with Crippen molar-refractivity contribution in [3.8, 4) is 11.5 Å². The third-order valence-corrected chi connectivity index (χ3v) is 5.80. The van der Waals surface area contributed by atoms with E-state index in [1.165, 1.54) is 6.92 Å². The number of hydrogen-bond donors (Lipinski definition) is 3. The van der Waals surface area contributed by atoms with Crippen molar-refractivity contribution in [3.05, 3.63) is 33.2 Å². The lowest BCUT2D eigenvalue weighted by molar-refractivity contribution is -0.128. The van der Waals surface area contributed by atoms with Crippen LogP contribution >= 0.6 is 22.6 Å². The number of aromatic nitrogens is 4. The monoisotopic (exact) mass is 542 g/mol. The van der Waals surface area contributed by atoms with Gasteiger partial charge in [0.25, 0.3) is 0 Å². The molecule has 0 fully saturated rings. The van der Waals surface area contributed by atoms with E-state index in [0.717, 1.165) is 9.13 Å². The zero-order valence-electron chi connectivity index (χ0n) is 16.6. The molecule has 164 valence electrons. The molecule has 0 bridgehead atoms. The number of nitrogens with one attached hydrogen (secondary N) is 1. The van der Waals surface area contributed by atoms with Gasteiger partial charge in [-0.15, -0.1) is 0 Å². The third-order valence-electron chi connectivity index (χ3n) is 4.80. The summed E-state index contributed by atoms with van der Waals surface area (Å²) in [7, 11) is 0. The molecule has 1 aliphatic heterocycles. The molecule has 1 atom stereocenters. The number of imidazole rings is 1. The summed E-state index contributed by atoms with van der Waals surface area (Å²) in [5.74, 6) is 1.48. The third kappa shape index (κ3) is 4.49. The zero-order valence-corrected chi connectivity index (χ0v) is 18.7. The average molecular weight is 542 g/mol. The molecule has 1 aromatic carbocycles. The summed E-state index contributed by atoms with van der Waals surface area (Å²) in [4.78, 5) is 23.6. The summed E-state index contributed by atoms with van der Waals surface area (Å²) in [5, 5.41) is 11.9. The Labute approximate surface area is 190 Å². The molecule has 1 aliphatic rings. The lowest BCUT2D eigenvalue weighted by Gasteiger charge is -2.11. The van der Waals surface area contributed by atoms with E-state index in [0.29, 0.717) is 48.8 Å². The first-order chi connectivity index (χ1) is 14.8. The van der Waals surface area contributed by atoms with Gasteiger partial charge >= 0.3 is 6.08 Å². The molecule has 0 saturated carbocycles. The van der Waals surface area contributed by atoms with E-state index in [1.807, 2.05) is 12.1 Å². The number of hydrogen-bond acceptors (Lipinski definition) is 8. The molecule has 31 heavy (non-hydrogen) atoms. The van der Waals surface area contributed by atoms with Gasteiger partial charge in [0.05, 0.1) is 0 Å². The summed E-state index contributed by atoms with van der Waals surface area (Å²) in [5.41, 5.74) is 7.44. The second kappa shape index (κ2) is 8.78. The van der Waals surface area contributed by atoms with Crippen molar-refractivity contribution in [3.63, 3.8) is 0 Å². The first-order valence-corrected chi connectivity index (χ1v) is 10.6. The first kappa shape index (κ1) is 21.5. The highest BCUT2D eigenvalue weighted by Crippen LogP contribution is 2.36. The maximum Gasteiger partial charge on any atom is 0.312 e. The van der Waals surface area contributed by atoms with Crippen molar-refractivity contribution in [1.82, 2.24) is 24.8 Å². The Morgan fingerprint density at radius 1 is 1.35 bits per heavy atom. The number of fused-ring (bicyclic) bond motifs is 2. The lowest BCUT2D eigenvalue weighted by Crippen LogP contribution is -2.33. The number of nitrogen functional groups attached to an aromatic ring is 1. The molecule has 0 spiro atoms. The first-order valence-electron chi connectivity index (χ1n) is 9.55. The number of carbonyl (C=O) groups is 1. The number of aliphatic hydroxyl groups excluding tert-OH is 1. The molecule has 4 rings (SSSR count). The highest BCUT2D eigenvalue weighted by Gasteiger charge is 2.21. The number of rotatable bonds is 7. The van der Waals surface area contributed by atoms with Crippen LogP contribution in [0.15, 0.2) is 12.1 Å². The van der Waals surface area contributed by atoms with Crippen LogP contribution in [0.3, 0.4) is 0 Å². The molecule has 3 aromatic rings. The highest BCUT2D eigenvalue weighted by molar-refractivity contribution is 14.1. The van der Waals surface area contributed by atoms with Crippen LogP contribution < -0.4 is 20.5 Å². The molecule has 3 heterocycles. The maximum absolute atomic E-state index is 13.9. The van der Waals surface area contributed by atoms with E-state index < -0.39 is 18.1 Å². The van der Waals surface area contributed by atoms with Crippen LogP contribution in [0.5, 0.6) is 11.5 Å². The smallest absolute Gasteiger partial charge is 0.312 e. The minimum Gasteiger partial charge on any atom is -0.454 e. The summed E-state index contributed by atoms with van der Waals surface area (Å²) in [6, 6.07) is 3.79. The van der Waals surface area contributed by atoms with Crippen molar-refractivity contribution in [2.24, 2.45) is 0 Å². The van der Waals surface area contributed by atoms with Gasteiger partial charge in [0.2, 0.25) is 12.7 Å². The maximum atomic E-state index is 13.9. The number of nitrogens with two attached hydrogens (primary N) is 1. The molecular weight excluding hydrogens is 522 g/mol. The summed E-state index contributed by atoms with van der Waals surface area (Å²) in [6.45, 7) is 2.31. The molecular formula is C19H20FIN6O4. The number of nitrogens with zero attached hydrogens (tertiary/aromatic N) is 4. The molecule has 0 aliphatic carbocycles. The van der Waals surface area contributed by atoms with Gasteiger partial charge < -0.3 is 30.2 Å². The van der Waals surface area contributed by atoms with Gasteiger partial charge in [-0.1, -0.05) is 0 Å². The summed E-state index contributed by atoms with van der Waals surface area (Å²) >= 11 is 2.21. The number of anilines is 1. The predicted molar refractivity (Wildman–Crippen MR) is 117 cm³/mol. The fourth-order valence-electron chi connectivity index (χ4n) is 3.27. The summed E-state index contributed by atoms with van der Waals surface area (Å²) < 4.78 is 27.5. The van der Waals surface area contributed by atoms with Crippen LogP contribution in [0, 0.1) is 9.65 Å². The highest BCUT2D eigenvalue weighted by atomic mass is 127. The minimum atomic E-state index is -1.08. The van der Waals surface area contributed by atoms with E-state index in [4.69, 9.17) is 15.2 Å². The van der Waals surface area contributed by atoms with Crippen LogP contribution in [-0.2, 0) is 17.8 Å². The Morgan fingerprint density at radius 3 is 2.84 bits per heavy atom. The number of amides is 1. The fraction of sp³-hybridized carbons (Fsp3) is 0.368. The van der Waals surface area contributed by atoms with Gasteiger partial charge in [-0.05, 0) is 53.6 Å². The SMILES string of the molecule is CC(O)C(=O)NCCCn1c(Cc2cc3c(cc2I)OCO3)nc2c(N)nc(F)nc21. The van der Waals surface area contributed by atoms with E-state index in [9.17, 15) is 14.3 Å². The predicted octanol–water partition coefficient (Wildman–Crippen LogP) is 1.36. The second-order valence-corrected chi connectivity index (χ2v) is 8.19. The molecule has 12 heteroatoms. The largest absolute Gasteiger partial charge is 0.454 e. The van der Waals surface area contributed by atoms with Gasteiger partial charge in [0.1, 0.15) is 11.9 Å². The Kier molecular flexibility index (Phi) is 6.09. The normalized spacial score (nSPS) is 13.5. The topological polar surface area (TPSA) is 137 Å². The van der Waals surface area contributed by atoms with E-state index in [1.54, 1.807) is 4.57 Å². The molecule has 1 unspecified atom stereocenters. The number of ether oxygens (including phenoxy) is 2. The summed E-state index contributed by atoms with van der Waals surface area (Å²) in [6.07, 6.45) is -1.08. The van der Waals surface area contributed by atoms with Crippen LogP contribution in [0.2, 0.25) is 0 Å². The number of benzene rings is 1. The molecule has 1 amide bonds. The van der Waals surface area contributed by atoms with Crippen molar-refractivity contribution in [1.29, 1.82) is 0 Å². The fourth-order valence-corrected chi connectivity index (χ4v) is 3.90. The number of aliphatic hydroxyl groups is 1. The van der Waals surface area contributed by atoms with Gasteiger partial charge in [-0.25, -0.2) is 4.98 Å². The number of aryl methyl sites for hydroxylation is 1. The van der Waals surface area contributed by atoms with E-state index >= 15 is 0 Å². The molecule has 2 aromatic heterocycles. The van der Waals surface area contributed by atoms with Crippen LogP contribution in [0.1, 0.15) is 24.7 Å². The van der Waals surface area contributed by atoms with Crippen molar-refractivity contribution < 1.29 is 23.8 Å². The zero-order chi connectivity index (χ0) is 22.1. The van der Waals surface area contributed by atoms with Crippen LogP contribution in [0.25, 0.3) is 11.2 Å². The Morgan fingerprint density at radius 2 is 2.10 bits per heavy atom. The Hall–Kier alpha value is -2.74. The molecule has 0 radical (unpaired) electrons. The molecule has 10 nitrogen and oxygen atoms in total. The Balaban J connectivity index is 1.64.